The smallest absolute Gasteiger partial charge is 0.262 e. The minimum Gasteiger partial charge on any atom is -0.483 e. The number of nitrogens with one attached hydrogen (secondary N) is 2. The molecule has 0 fully saturated rings. The second kappa shape index (κ2) is 12.3. The fraction of sp³-hybridized carbons (Fsp3) is 0.333. The third kappa shape index (κ3) is 8.33. The van der Waals surface area contributed by atoms with Gasteiger partial charge in [0.15, 0.2) is 13.2 Å². The van der Waals surface area contributed by atoms with Crippen LogP contribution in [0.4, 0.5) is 11.4 Å². The fourth-order valence-electron chi connectivity index (χ4n) is 3.79. The first-order chi connectivity index (χ1) is 17.7. The first-order valence-electron chi connectivity index (χ1n) is 12.3. The molecule has 0 aromatic heterocycles. The van der Waals surface area contributed by atoms with E-state index in [1.807, 2.05) is 36.4 Å². The largest absolute Gasteiger partial charge is 0.483 e. The Balaban J connectivity index is 1.63. The van der Waals surface area contributed by atoms with Crippen molar-refractivity contribution >= 4 is 55.0 Å². The predicted molar refractivity (Wildman–Crippen MR) is 160 cm³/mol. The van der Waals surface area contributed by atoms with Gasteiger partial charge >= 0.3 is 0 Å². The maximum absolute atomic E-state index is 12.7. The van der Waals surface area contributed by atoms with E-state index in [4.69, 9.17) is 9.47 Å². The number of rotatable bonds is 8. The van der Waals surface area contributed by atoms with Crippen molar-refractivity contribution in [1.29, 1.82) is 0 Å². The molecule has 38 heavy (non-hydrogen) atoms. The monoisotopic (exact) mass is 644 g/mol. The first-order valence-corrected chi connectivity index (χ1v) is 13.9. The third-order valence-corrected chi connectivity index (χ3v) is 6.68. The van der Waals surface area contributed by atoms with E-state index in [2.05, 4.69) is 84.0 Å². The average molecular weight is 646 g/mol. The Hall–Kier alpha value is -2.84. The van der Waals surface area contributed by atoms with Crippen molar-refractivity contribution in [2.75, 3.05) is 23.8 Å². The van der Waals surface area contributed by atoms with Crippen LogP contribution in [-0.2, 0) is 20.4 Å². The number of ether oxygens (including phenoxy) is 2. The van der Waals surface area contributed by atoms with Gasteiger partial charge in [0.25, 0.3) is 11.8 Å². The van der Waals surface area contributed by atoms with Crippen LogP contribution in [0.3, 0.4) is 0 Å². The summed E-state index contributed by atoms with van der Waals surface area (Å²) in [6, 6.07) is 18.5. The van der Waals surface area contributed by atoms with Gasteiger partial charge in [0.05, 0.1) is 11.4 Å². The number of hydrogen-bond donors (Lipinski definition) is 2. The van der Waals surface area contributed by atoms with Crippen molar-refractivity contribution in [1.82, 2.24) is 0 Å². The molecular weight excluding hydrogens is 612 g/mol. The molecule has 0 unspecified atom stereocenters. The Morgan fingerprint density at radius 2 is 1.03 bits per heavy atom. The summed E-state index contributed by atoms with van der Waals surface area (Å²) in [5.41, 5.74) is 2.62. The van der Waals surface area contributed by atoms with Gasteiger partial charge in [-0.2, -0.15) is 0 Å². The minimum absolute atomic E-state index is 0.154. The molecule has 0 aliphatic carbocycles. The zero-order valence-electron chi connectivity index (χ0n) is 22.6. The average Bonchev–Trinajstić information content (AvgIpc) is 2.82. The van der Waals surface area contributed by atoms with Gasteiger partial charge in [0, 0.05) is 20.1 Å². The van der Waals surface area contributed by atoms with Crippen molar-refractivity contribution in [2.24, 2.45) is 0 Å². The van der Waals surface area contributed by atoms with E-state index >= 15 is 0 Å². The molecule has 2 N–H and O–H groups in total. The van der Waals surface area contributed by atoms with Gasteiger partial charge < -0.3 is 20.1 Å². The van der Waals surface area contributed by atoms with Crippen LogP contribution in [0.5, 0.6) is 11.5 Å². The molecule has 202 valence electrons. The normalized spacial score (nSPS) is 11.6. The highest BCUT2D eigenvalue weighted by molar-refractivity contribution is 9.10. The molecule has 0 radical (unpaired) electrons. The molecule has 0 heterocycles. The van der Waals surface area contributed by atoms with E-state index in [1.165, 1.54) is 0 Å². The zero-order valence-corrected chi connectivity index (χ0v) is 25.7. The van der Waals surface area contributed by atoms with Gasteiger partial charge in [-0.3, -0.25) is 9.59 Å². The number of anilines is 2. The Morgan fingerprint density at radius 1 is 0.658 bits per heavy atom. The van der Waals surface area contributed by atoms with Gasteiger partial charge in [-0.05, 0) is 59.4 Å². The van der Waals surface area contributed by atoms with E-state index in [9.17, 15) is 9.59 Å². The van der Waals surface area contributed by atoms with E-state index < -0.39 is 0 Å². The predicted octanol–water partition coefficient (Wildman–Crippen LogP) is 7.84. The summed E-state index contributed by atoms with van der Waals surface area (Å²) in [4.78, 5) is 25.5. The highest BCUT2D eigenvalue weighted by atomic mass is 79.9. The quantitative estimate of drug-likeness (QED) is 0.262. The van der Waals surface area contributed by atoms with Crippen molar-refractivity contribution in [3.05, 3.63) is 80.7 Å². The maximum atomic E-state index is 12.7. The second-order valence-corrected chi connectivity index (χ2v) is 12.8. The summed E-state index contributed by atoms with van der Waals surface area (Å²) in [5, 5.41) is 5.66. The molecule has 0 saturated heterocycles. The van der Waals surface area contributed by atoms with Crippen molar-refractivity contribution in [3.63, 3.8) is 0 Å². The first kappa shape index (κ1) is 29.7. The fourth-order valence-corrected chi connectivity index (χ4v) is 4.51. The third-order valence-electron chi connectivity index (χ3n) is 5.69. The number of amides is 2. The molecule has 8 heteroatoms. The van der Waals surface area contributed by atoms with Crippen molar-refractivity contribution < 1.29 is 19.1 Å². The van der Waals surface area contributed by atoms with Crippen molar-refractivity contribution in [3.8, 4) is 11.5 Å². The summed E-state index contributed by atoms with van der Waals surface area (Å²) in [7, 11) is 0. The van der Waals surface area contributed by atoms with Gasteiger partial charge in [0.1, 0.15) is 11.5 Å². The number of halogens is 2. The summed E-state index contributed by atoms with van der Waals surface area (Å²) < 4.78 is 13.6. The molecule has 0 spiro atoms. The molecule has 0 aliphatic rings. The molecule has 0 atom stereocenters. The van der Waals surface area contributed by atoms with E-state index in [1.54, 1.807) is 24.3 Å². The number of benzene rings is 3. The highest BCUT2D eigenvalue weighted by Gasteiger charge is 2.21. The SMILES string of the molecule is CC(C)(C)c1cc(Br)ccc1OCC(=O)Nc1ccccc1NC(=O)COc1ccc(Br)cc1C(C)(C)C. The summed E-state index contributed by atoms with van der Waals surface area (Å²) in [5.74, 6) is 0.625. The van der Waals surface area contributed by atoms with Crippen LogP contribution in [0.2, 0.25) is 0 Å². The minimum atomic E-state index is -0.338. The van der Waals surface area contributed by atoms with E-state index in [0.717, 1.165) is 20.1 Å². The molecule has 6 nitrogen and oxygen atoms in total. The Bertz CT molecular complexity index is 1210. The van der Waals surface area contributed by atoms with Crippen LogP contribution < -0.4 is 20.1 Å². The van der Waals surface area contributed by atoms with E-state index in [0.29, 0.717) is 22.9 Å². The molecule has 0 aliphatic heterocycles. The van der Waals surface area contributed by atoms with Crippen molar-refractivity contribution in [2.45, 2.75) is 52.4 Å². The highest BCUT2D eigenvalue weighted by Crippen LogP contribution is 2.35. The van der Waals surface area contributed by atoms with Gasteiger partial charge in [-0.15, -0.1) is 0 Å². The van der Waals surface area contributed by atoms with Crippen LogP contribution in [-0.4, -0.2) is 25.0 Å². The lowest BCUT2D eigenvalue weighted by molar-refractivity contribution is -0.119. The second-order valence-electron chi connectivity index (χ2n) is 11.0. The summed E-state index contributed by atoms with van der Waals surface area (Å²) in [6.07, 6.45) is 0. The lowest BCUT2D eigenvalue weighted by atomic mass is 9.86. The lowest BCUT2D eigenvalue weighted by Crippen LogP contribution is -2.24. The lowest BCUT2D eigenvalue weighted by Gasteiger charge is -2.23. The number of carbonyl (C=O) groups is 2. The van der Waals surface area contributed by atoms with Gasteiger partial charge in [-0.25, -0.2) is 0 Å². The molecule has 3 aromatic carbocycles. The number of para-hydroxylation sites is 2. The molecule has 0 bridgehead atoms. The topological polar surface area (TPSA) is 76.7 Å². The van der Waals surface area contributed by atoms with Crippen LogP contribution in [0.15, 0.2) is 69.6 Å². The molecular formula is C30H34Br2N2O4. The Labute approximate surface area is 241 Å². The van der Waals surface area contributed by atoms with Crippen LogP contribution >= 0.6 is 31.9 Å². The zero-order chi connectivity index (χ0) is 28.1. The van der Waals surface area contributed by atoms with Crippen LogP contribution in [0.1, 0.15) is 52.7 Å². The molecule has 3 aromatic rings. The summed E-state index contributed by atoms with van der Waals surface area (Å²) in [6.45, 7) is 12.2. The number of hydrogen-bond acceptors (Lipinski definition) is 4. The maximum Gasteiger partial charge on any atom is 0.262 e. The van der Waals surface area contributed by atoms with Gasteiger partial charge in [0.2, 0.25) is 0 Å². The summed E-state index contributed by atoms with van der Waals surface area (Å²) >= 11 is 7.00. The standard InChI is InChI=1S/C30H34Br2N2O4/c1-29(2,3)21-15-19(31)11-13-25(21)37-17-27(35)33-23-9-7-8-10-24(23)34-28(36)18-38-26-14-12-20(32)16-22(26)30(4,5)6/h7-16H,17-18H2,1-6H3,(H,33,35)(H,34,36). The molecule has 2 amide bonds. The van der Waals surface area contributed by atoms with Crippen LogP contribution in [0.25, 0.3) is 0 Å². The Morgan fingerprint density at radius 3 is 1.37 bits per heavy atom. The number of carbonyl (C=O) groups excluding carboxylic acids is 2. The molecule has 0 saturated carbocycles. The van der Waals surface area contributed by atoms with Crippen LogP contribution in [0, 0.1) is 0 Å². The Kier molecular flexibility index (Phi) is 9.65. The van der Waals surface area contributed by atoms with E-state index in [-0.39, 0.29) is 35.9 Å². The van der Waals surface area contributed by atoms with Gasteiger partial charge in [-0.1, -0.05) is 85.5 Å². The molecule has 3 rings (SSSR count).